The van der Waals surface area contributed by atoms with Gasteiger partial charge in [0.05, 0.1) is 11.4 Å². The van der Waals surface area contributed by atoms with Crippen LogP contribution in [0.1, 0.15) is 49.6 Å². The van der Waals surface area contributed by atoms with Crippen LogP contribution in [0.25, 0.3) is 0 Å². The van der Waals surface area contributed by atoms with Crippen molar-refractivity contribution in [2.75, 3.05) is 5.75 Å². The summed E-state index contributed by atoms with van der Waals surface area (Å²) in [5.41, 5.74) is -0.120. The molecule has 0 aliphatic rings. The third kappa shape index (κ3) is 5.34. The van der Waals surface area contributed by atoms with Gasteiger partial charge in [-0.05, 0) is 27.7 Å². The molecule has 0 atom stereocenters. The second kappa shape index (κ2) is 6.89. The Hall–Kier alpha value is -1.63. The number of aryl methyl sites for hydroxylation is 2. The van der Waals surface area contributed by atoms with E-state index in [0.717, 1.165) is 11.8 Å². The van der Waals surface area contributed by atoms with Crippen LogP contribution in [-0.2, 0) is 16.0 Å². The number of carboxylic acid groups (broad SMARTS) is 1. The first kappa shape index (κ1) is 17.4. The van der Waals surface area contributed by atoms with Crippen molar-refractivity contribution in [2.45, 2.75) is 51.7 Å². The van der Waals surface area contributed by atoms with Crippen LogP contribution < -0.4 is 0 Å². The maximum absolute atomic E-state index is 11.7. The fourth-order valence-electron chi connectivity index (χ4n) is 1.61. The quantitative estimate of drug-likeness (QED) is 0.507. The molecule has 1 rings (SSSR count). The molecule has 6 nitrogen and oxygen atoms in total. The predicted octanol–water partition coefficient (Wildman–Crippen LogP) is 2.48. The van der Waals surface area contributed by atoms with E-state index in [1.165, 1.54) is 0 Å². The van der Waals surface area contributed by atoms with Crippen molar-refractivity contribution in [3.63, 3.8) is 0 Å². The lowest BCUT2D eigenvalue weighted by molar-refractivity contribution is -0.151. The minimum Gasteiger partial charge on any atom is -0.478 e. The van der Waals surface area contributed by atoms with Gasteiger partial charge in [-0.15, -0.1) is 0 Å². The monoisotopic (exact) mass is 312 g/mol. The molecule has 0 unspecified atom stereocenters. The third-order valence-electron chi connectivity index (χ3n) is 2.38. The molecule has 21 heavy (non-hydrogen) atoms. The number of carbonyl (C=O) groups excluding carboxylic acids is 1. The van der Waals surface area contributed by atoms with Crippen LogP contribution in [0.3, 0.4) is 0 Å². The van der Waals surface area contributed by atoms with E-state index >= 15 is 0 Å². The number of aromatic carboxylic acids is 1. The van der Waals surface area contributed by atoms with E-state index in [1.807, 2.05) is 6.92 Å². The maximum atomic E-state index is 11.7. The molecule has 0 amide bonds. The summed E-state index contributed by atoms with van der Waals surface area (Å²) in [6.45, 7) is 8.85. The van der Waals surface area contributed by atoms with E-state index in [2.05, 4.69) is 9.97 Å². The van der Waals surface area contributed by atoms with Gasteiger partial charge < -0.3 is 9.84 Å². The van der Waals surface area contributed by atoms with Gasteiger partial charge in [0.1, 0.15) is 22.0 Å². The Morgan fingerprint density at radius 1 is 1.29 bits per heavy atom. The number of rotatable bonds is 5. The molecule has 0 bridgehead atoms. The average molecular weight is 312 g/mol. The van der Waals surface area contributed by atoms with Crippen molar-refractivity contribution in [1.82, 2.24) is 9.97 Å². The lowest BCUT2D eigenvalue weighted by atomic mass is 10.2. The van der Waals surface area contributed by atoms with E-state index < -0.39 is 17.5 Å². The number of hydrogen-bond donors (Lipinski definition) is 1. The van der Waals surface area contributed by atoms with Crippen LogP contribution in [0.15, 0.2) is 5.03 Å². The van der Waals surface area contributed by atoms with E-state index in [0.29, 0.717) is 23.0 Å². The fraction of sp³-hybridized carbons (Fsp3) is 0.571. The number of hydrogen-bond acceptors (Lipinski definition) is 6. The molecule has 116 valence electrons. The van der Waals surface area contributed by atoms with E-state index in [9.17, 15) is 14.7 Å². The Bertz CT molecular complexity index is 553. The van der Waals surface area contributed by atoms with Gasteiger partial charge >= 0.3 is 11.9 Å². The van der Waals surface area contributed by atoms with Crippen LogP contribution in [0.2, 0.25) is 0 Å². The highest BCUT2D eigenvalue weighted by Crippen LogP contribution is 2.24. The van der Waals surface area contributed by atoms with Crippen LogP contribution in [-0.4, -0.2) is 38.4 Å². The maximum Gasteiger partial charge on any atom is 0.340 e. The molecule has 1 heterocycles. The second-order valence-electron chi connectivity index (χ2n) is 5.44. The highest BCUT2D eigenvalue weighted by molar-refractivity contribution is 8.00. The van der Waals surface area contributed by atoms with Crippen molar-refractivity contribution in [2.24, 2.45) is 0 Å². The highest BCUT2D eigenvalue weighted by atomic mass is 32.2. The summed E-state index contributed by atoms with van der Waals surface area (Å²) >= 11 is 1.06. The number of carbonyl (C=O) groups is 2. The number of carboxylic acids is 1. The molecule has 1 N–H and O–H groups in total. The van der Waals surface area contributed by atoms with Crippen molar-refractivity contribution in [1.29, 1.82) is 0 Å². The molecule has 0 saturated carbocycles. The highest BCUT2D eigenvalue weighted by Gasteiger charge is 2.21. The smallest absolute Gasteiger partial charge is 0.340 e. The Morgan fingerprint density at radius 2 is 1.90 bits per heavy atom. The van der Waals surface area contributed by atoms with Crippen molar-refractivity contribution in [3.05, 3.63) is 17.1 Å². The zero-order chi connectivity index (χ0) is 16.2. The Labute approximate surface area is 128 Å². The van der Waals surface area contributed by atoms with Crippen LogP contribution >= 0.6 is 11.8 Å². The molecule has 0 saturated heterocycles. The van der Waals surface area contributed by atoms with Crippen molar-refractivity contribution in [3.8, 4) is 0 Å². The standard InChI is InChI=1S/C14H20N2O4S/c1-6-9-15-8(2)11(13(18)19)12(16-9)21-7-10(17)20-14(3,4)5/h6-7H2,1-5H3,(H,18,19). The number of esters is 1. The number of thioether (sulfide) groups is 1. The van der Waals surface area contributed by atoms with Gasteiger partial charge in [0.15, 0.2) is 0 Å². The molecule has 0 spiro atoms. The van der Waals surface area contributed by atoms with Crippen LogP contribution in [0.4, 0.5) is 0 Å². The normalized spacial score (nSPS) is 11.3. The Kier molecular flexibility index (Phi) is 5.71. The first-order chi connectivity index (χ1) is 9.64. The molecule has 1 aromatic rings. The van der Waals surface area contributed by atoms with Gasteiger partial charge in [-0.1, -0.05) is 18.7 Å². The molecule has 0 aliphatic carbocycles. The number of aromatic nitrogens is 2. The van der Waals surface area contributed by atoms with Gasteiger partial charge in [0.2, 0.25) is 0 Å². The number of ether oxygens (including phenoxy) is 1. The zero-order valence-electron chi connectivity index (χ0n) is 12.9. The van der Waals surface area contributed by atoms with Gasteiger partial charge in [-0.2, -0.15) is 0 Å². The largest absolute Gasteiger partial charge is 0.478 e. The van der Waals surface area contributed by atoms with Gasteiger partial charge in [-0.25, -0.2) is 14.8 Å². The topological polar surface area (TPSA) is 89.4 Å². The zero-order valence-corrected chi connectivity index (χ0v) is 13.7. The minimum absolute atomic E-state index is 0.0111. The summed E-state index contributed by atoms with van der Waals surface area (Å²) in [7, 11) is 0. The average Bonchev–Trinajstić information content (AvgIpc) is 2.32. The molecule has 0 aromatic carbocycles. The lowest BCUT2D eigenvalue weighted by Crippen LogP contribution is -2.25. The summed E-state index contributed by atoms with van der Waals surface area (Å²) < 4.78 is 5.20. The summed E-state index contributed by atoms with van der Waals surface area (Å²) in [5, 5.41) is 9.56. The van der Waals surface area contributed by atoms with Gasteiger partial charge in [0.25, 0.3) is 0 Å². The van der Waals surface area contributed by atoms with Crippen molar-refractivity contribution >= 4 is 23.7 Å². The summed E-state index contributed by atoms with van der Waals surface area (Å²) in [4.78, 5) is 31.4. The lowest BCUT2D eigenvalue weighted by Gasteiger charge is -2.19. The number of nitrogens with zero attached hydrogens (tertiary/aromatic N) is 2. The molecular formula is C14H20N2O4S. The Morgan fingerprint density at radius 3 is 2.38 bits per heavy atom. The van der Waals surface area contributed by atoms with E-state index in [-0.39, 0.29) is 11.3 Å². The van der Waals surface area contributed by atoms with Gasteiger partial charge in [-0.3, -0.25) is 4.79 Å². The SMILES string of the molecule is CCc1nc(C)c(C(=O)O)c(SCC(=O)OC(C)(C)C)n1. The molecule has 0 fully saturated rings. The van der Waals surface area contributed by atoms with Crippen LogP contribution in [0.5, 0.6) is 0 Å². The van der Waals surface area contributed by atoms with E-state index in [1.54, 1.807) is 27.7 Å². The molecule has 0 aliphatic heterocycles. The fourth-order valence-corrected chi connectivity index (χ4v) is 2.47. The Balaban J connectivity index is 2.94. The molecule has 0 radical (unpaired) electrons. The van der Waals surface area contributed by atoms with Crippen LogP contribution in [0, 0.1) is 6.92 Å². The first-order valence-corrected chi connectivity index (χ1v) is 7.58. The third-order valence-corrected chi connectivity index (χ3v) is 3.33. The van der Waals surface area contributed by atoms with Crippen molar-refractivity contribution < 1.29 is 19.4 Å². The predicted molar refractivity (Wildman–Crippen MR) is 79.7 cm³/mol. The summed E-state index contributed by atoms with van der Waals surface area (Å²) in [6, 6.07) is 0. The first-order valence-electron chi connectivity index (χ1n) is 6.59. The molecule has 1 aromatic heterocycles. The minimum atomic E-state index is -1.10. The summed E-state index contributed by atoms with van der Waals surface area (Å²) in [5.74, 6) is -0.930. The van der Waals surface area contributed by atoms with E-state index in [4.69, 9.17) is 4.74 Å². The molecular weight excluding hydrogens is 292 g/mol. The second-order valence-corrected chi connectivity index (χ2v) is 6.40. The molecule has 7 heteroatoms. The summed E-state index contributed by atoms with van der Waals surface area (Å²) in [6.07, 6.45) is 0.598. The van der Waals surface area contributed by atoms with Gasteiger partial charge in [0, 0.05) is 6.42 Å².